The standard InChI is InChI=1S/C17H26FN3O2/c1-3-13(12-23-2)20-17(22)21-10-8-14(9-11-21)19-16-7-5-4-6-15(16)18/h4-7,13-14,19H,3,8-12H2,1-2H3,(H,20,22)/t13-/m1/s1. The number of benzene rings is 1. The van der Waals surface area contributed by atoms with Crippen molar-refractivity contribution in [2.75, 3.05) is 32.1 Å². The van der Waals surface area contributed by atoms with Crippen LogP contribution in [0.3, 0.4) is 0 Å². The van der Waals surface area contributed by atoms with E-state index in [0.717, 1.165) is 19.3 Å². The van der Waals surface area contributed by atoms with Crippen LogP contribution < -0.4 is 10.6 Å². The van der Waals surface area contributed by atoms with Crippen LogP contribution >= 0.6 is 0 Å². The van der Waals surface area contributed by atoms with Crippen molar-refractivity contribution >= 4 is 11.7 Å². The maximum atomic E-state index is 13.7. The number of urea groups is 1. The highest BCUT2D eigenvalue weighted by Gasteiger charge is 2.24. The van der Waals surface area contributed by atoms with E-state index in [1.54, 1.807) is 19.2 Å². The number of rotatable bonds is 6. The first-order chi connectivity index (χ1) is 11.1. The van der Waals surface area contributed by atoms with E-state index in [0.29, 0.717) is 25.4 Å². The van der Waals surface area contributed by atoms with Crippen LogP contribution in [0.15, 0.2) is 24.3 Å². The summed E-state index contributed by atoms with van der Waals surface area (Å²) in [6, 6.07) is 6.88. The summed E-state index contributed by atoms with van der Waals surface area (Å²) in [5.74, 6) is -0.238. The number of nitrogens with one attached hydrogen (secondary N) is 2. The highest BCUT2D eigenvalue weighted by atomic mass is 19.1. The van der Waals surface area contributed by atoms with Gasteiger partial charge in [0.15, 0.2) is 0 Å². The molecule has 1 aromatic carbocycles. The lowest BCUT2D eigenvalue weighted by Gasteiger charge is -2.34. The first kappa shape index (κ1) is 17.5. The van der Waals surface area contributed by atoms with Crippen LogP contribution in [-0.2, 0) is 4.74 Å². The van der Waals surface area contributed by atoms with E-state index in [4.69, 9.17) is 4.74 Å². The summed E-state index contributed by atoms with van der Waals surface area (Å²) < 4.78 is 18.8. The lowest BCUT2D eigenvalue weighted by Crippen LogP contribution is -2.50. The van der Waals surface area contributed by atoms with Gasteiger partial charge >= 0.3 is 6.03 Å². The number of nitrogens with zero attached hydrogens (tertiary/aromatic N) is 1. The molecule has 2 rings (SSSR count). The minimum Gasteiger partial charge on any atom is -0.383 e. The van der Waals surface area contributed by atoms with Gasteiger partial charge in [0.1, 0.15) is 5.82 Å². The molecule has 1 fully saturated rings. The van der Waals surface area contributed by atoms with Gasteiger partial charge in [-0.3, -0.25) is 0 Å². The SMILES string of the molecule is CC[C@H](COC)NC(=O)N1CCC(Nc2ccccc2F)CC1. The summed E-state index contributed by atoms with van der Waals surface area (Å²) >= 11 is 0. The fourth-order valence-corrected chi connectivity index (χ4v) is 2.75. The Kier molecular flexibility index (Phi) is 6.65. The first-order valence-corrected chi connectivity index (χ1v) is 8.19. The Labute approximate surface area is 137 Å². The number of likely N-dealkylation sites (tertiary alicyclic amines) is 1. The van der Waals surface area contributed by atoms with Crippen LogP contribution in [0, 0.1) is 5.82 Å². The third-order valence-electron chi connectivity index (χ3n) is 4.20. The van der Waals surface area contributed by atoms with E-state index in [1.807, 2.05) is 17.9 Å². The Hall–Kier alpha value is -1.82. The quantitative estimate of drug-likeness (QED) is 0.846. The molecule has 2 N–H and O–H groups in total. The van der Waals surface area contributed by atoms with Crippen molar-refractivity contribution < 1.29 is 13.9 Å². The van der Waals surface area contributed by atoms with Gasteiger partial charge in [-0.15, -0.1) is 0 Å². The average molecular weight is 323 g/mol. The van der Waals surface area contributed by atoms with E-state index in [9.17, 15) is 9.18 Å². The first-order valence-electron chi connectivity index (χ1n) is 8.19. The smallest absolute Gasteiger partial charge is 0.317 e. The van der Waals surface area contributed by atoms with Crippen LogP contribution in [0.4, 0.5) is 14.9 Å². The molecule has 0 spiro atoms. The van der Waals surface area contributed by atoms with Gasteiger partial charge < -0.3 is 20.3 Å². The molecule has 0 aliphatic carbocycles. The van der Waals surface area contributed by atoms with E-state index < -0.39 is 0 Å². The molecule has 128 valence electrons. The predicted molar refractivity (Wildman–Crippen MR) is 89.1 cm³/mol. The topological polar surface area (TPSA) is 53.6 Å². The zero-order valence-electron chi connectivity index (χ0n) is 13.8. The van der Waals surface area contributed by atoms with Gasteiger partial charge in [0, 0.05) is 26.2 Å². The second-order valence-corrected chi connectivity index (χ2v) is 5.90. The van der Waals surface area contributed by atoms with E-state index in [-0.39, 0.29) is 23.9 Å². The van der Waals surface area contributed by atoms with E-state index in [2.05, 4.69) is 10.6 Å². The van der Waals surface area contributed by atoms with Crippen molar-refractivity contribution in [1.82, 2.24) is 10.2 Å². The number of carbonyl (C=O) groups excluding carboxylic acids is 1. The second-order valence-electron chi connectivity index (χ2n) is 5.90. The zero-order chi connectivity index (χ0) is 16.7. The molecule has 5 nitrogen and oxygen atoms in total. The van der Waals surface area contributed by atoms with Gasteiger partial charge in [-0.1, -0.05) is 19.1 Å². The number of carbonyl (C=O) groups is 1. The van der Waals surface area contributed by atoms with Crippen LogP contribution in [-0.4, -0.2) is 49.8 Å². The molecule has 0 unspecified atom stereocenters. The molecule has 23 heavy (non-hydrogen) atoms. The molecule has 1 saturated heterocycles. The monoisotopic (exact) mass is 323 g/mol. The number of methoxy groups -OCH3 is 1. The molecular formula is C17H26FN3O2. The molecule has 0 aromatic heterocycles. The Morgan fingerprint density at radius 2 is 2.09 bits per heavy atom. The minimum atomic E-state index is -0.238. The molecule has 1 atom stereocenters. The predicted octanol–water partition coefficient (Wildman–Crippen LogP) is 2.84. The molecule has 0 radical (unpaired) electrons. The molecule has 1 aliphatic heterocycles. The van der Waals surface area contributed by atoms with Gasteiger partial charge in [0.05, 0.1) is 18.3 Å². The number of amides is 2. The van der Waals surface area contributed by atoms with Crippen LogP contribution in [0.5, 0.6) is 0 Å². The zero-order valence-corrected chi connectivity index (χ0v) is 13.8. The third-order valence-corrected chi connectivity index (χ3v) is 4.20. The summed E-state index contributed by atoms with van der Waals surface area (Å²) in [6.07, 6.45) is 2.45. The summed E-state index contributed by atoms with van der Waals surface area (Å²) in [4.78, 5) is 14.1. The highest BCUT2D eigenvalue weighted by Crippen LogP contribution is 2.19. The maximum absolute atomic E-state index is 13.7. The molecule has 1 aromatic rings. The van der Waals surface area contributed by atoms with Gasteiger partial charge in [0.2, 0.25) is 0 Å². The largest absolute Gasteiger partial charge is 0.383 e. The van der Waals surface area contributed by atoms with Gasteiger partial charge in [0.25, 0.3) is 0 Å². The van der Waals surface area contributed by atoms with Gasteiger partial charge in [-0.2, -0.15) is 0 Å². The van der Waals surface area contributed by atoms with Crippen molar-refractivity contribution in [3.63, 3.8) is 0 Å². The summed E-state index contributed by atoms with van der Waals surface area (Å²) in [5, 5.41) is 6.22. The number of para-hydroxylation sites is 1. The lowest BCUT2D eigenvalue weighted by atomic mass is 10.0. The number of hydrogen-bond acceptors (Lipinski definition) is 3. The Morgan fingerprint density at radius 3 is 2.70 bits per heavy atom. The number of halogens is 1. The fraction of sp³-hybridized carbons (Fsp3) is 0.588. The van der Waals surface area contributed by atoms with Crippen LogP contribution in [0.2, 0.25) is 0 Å². The van der Waals surface area contributed by atoms with E-state index in [1.165, 1.54) is 6.07 Å². The van der Waals surface area contributed by atoms with Gasteiger partial charge in [-0.25, -0.2) is 9.18 Å². The maximum Gasteiger partial charge on any atom is 0.317 e. The van der Waals surface area contributed by atoms with Crippen molar-refractivity contribution in [2.45, 2.75) is 38.3 Å². The van der Waals surface area contributed by atoms with Crippen molar-refractivity contribution in [3.8, 4) is 0 Å². The van der Waals surface area contributed by atoms with Crippen LogP contribution in [0.1, 0.15) is 26.2 Å². The fourth-order valence-electron chi connectivity index (χ4n) is 2.75. The molecule has 1 heterocycles. The van der Waals surface area contributed by atoms with Crippen LogP contribution in [0.25, 0.3) is 0 Å². The molecule has 2 amide bonds. The number of ether oxygens (including phenoxy) is 1. The number of anilines is 1. The third kappa shape index (κ3) is 5.10. The number of hydrogen-bond donors (Lipinski definition) is 2. The van der Waals surface area contributed by atoms with Gasteiger partial charge in [-0.05, 0) is 31.4 Å². The lowest BCUT2D eigenvalue weighted by molar-refractivity contribution is 0.148. The van der Waals surface area contributed by atoms with Crippen molar-refractivity contribution in [3.05, 3.63) is 30.1 Å². The molecule has 1 aliphatic rings. The Balaban J connectivity index is 1.79. The molecule has 6 heteroatoms. The van der Waals surface area contributed by atoms with Crippen molar-refractivity contribution in [1.29, 1.82) is 0 Å². The Morgan fingerprint density at radius 1 is 1.39 bits per heavy atom. The summed E-state index contributed by atoms with van der Waals surface area (Å²) in [5.41, 5.74) is 0.529. The highest BCUT2D eigenvalue weighted by molar-refractivity contribution is 5.74. The minimum absolute atomic E-state index is 0.0433. The van der Waals surface area contributed by atoms with E-state index >= 15 is 0 Å². The molecule has 0 bridgehead atoms. The number of piperidine rings is 1. The molecule has 0 saturated carbocycles. The van der Waals surface area contributed by atoms with Crippen molar-refractivity contribution in [2.24, 2.45) is 0 Å². The molecular weight excluding hydrogens is 297 g/mol. The second kappa shape index (κ2) is 8.72. The summed E-state index contributed by atoms with van der Waals surface area (Å²) in [6.45, 7) is 3.88. The average Bonchev–Trinajstić information content (AvgIpc) is 2.57. The summed E-state index contributed by atoms with van der Waals surface area (Å²) in [7, 11) is 1.63. The Bertz CT molecular complexity index is 504. The normalized spacial score (nSPS) is 16.9.